The molecular formula is C16H14OS. The summed E-state index contributed by atoms with van der Waals surface area (Å²) in [6.45, 7) is 0. The first-order valence-electron chi connectivity index (χ1n) is 6.39. The average molecular weight is 254 g/mol. The molecule has 0 spiro atoms. The van der Waals surface area contributed by atoms with Gasteiger partial charge in [-0.1, -0.05) is 48.2 Å². The van der Waals surface area contributed by atoms with Crippen LogP contribution in [0.15, 0.2) is 58.3 Å². The summed E-state index contributed by atoms with van der Waals surface area (Å²) in [4.78, 5) is 2.40. The van der Waals surface area contributed by atoms with Gasteiger partial charge in [-0.3, -0.25) is 0 Å². The van der Waals surface area contributed by atoms with Gasteiger partial charge in [-0.25, -0.2) is 0 Å². The van der Waals surface area contributed by atoms with E-state index < -0.39 is 5.60 Å². The Hall–Kier alpha value is -1.25. The highest BCUT2D eigenvalue weighted by molar-refractivity contribution is 7.99. The quantitative estimate of drug-likeness (QED) is 0.835. The van der Waals surface area contributed by atoms with Crippen LogP contribution in [-0.4, -0.2) is 5.11 Å². The normalized spacial score (nSPS) is 20.1. The molecule has 2 aromatic carbocycles. The van der Waals surface area contributed by atoms with Crippen molar-refractivity contribution in [2.45, 2.75) is 28.2 Å². The fourth-order valence-corrected chi connectivity index (χ4v) is 4.14. The maximum Gasteiger partial charge on any atom is 0.120 e. The second-order valence-electron chi connectivity index (χ2n) is 5.14. The molecule has 2 aliphatic rings. The average Bonchev–Trinajstić information content (AvgIpc) is 3.24. The Morgan fingerprint density at radius 3 is 1.89 bits per heavy atom. The maximum atomic E-state index is 11.3. The Balaban J connectivity index is 2.01. The molecule has 1 aliphatic carbocycles. The second kappa shape index (κ2) is 3.62. The van der Waals surface area contributed by atoms with Crippen LogP contribution in [0.4, 0.5) is 0 Å². The van der Waals surface area contributed by atoms with Crippen LogP contribution < -0.4 is 0 Å². The van der Waals surface area contributed by atoms with Gasteiger partial charge in [0.05, 0.1) is 0 Å². The lowest BCUT2D eigenvalue weighted by molar-refractivity contribution is 0.0499. The lowest BCUT2D eigenvalue weighted by Crippen LogP contribution is -2.33. The molecule has 0 unspecified atom stereocenters. The highest BCUT2D eigenvalue weighted by atomic mass is 32.2. The SMILES string of the molecule is OC1(C2CC2)c2ccccc2Sc2ccccc21. The van der Waals surface area contributed by atoms with Crippen LogP contribution in [0.2, 0.25) is 0 Å². The molecule has 90 valence electrons. The summed E-state index contributed by atoms with van der Waals surface area (Å²) in [7, 11) is 0. The number of benzene rings is 2. The second-order valence-corrected chi connectivity index (χ2v) is 6.22. The van der Waals surface area contributed by atoms with E-state index in [1.165, 1.54) is 9.79 Å². The van der Waals surface area contributed by atoms with Gasteiger partial charge in [0.15, 0.2) is 0 Å². The molecule has 0 atom stereocenters. The van der Waals surface area contributed by atoms with Crippen LogP contribution in [0, 0.1) is 5.92 Å². The van der Waals surface area contributed by atoms with Crippen LogP contribution in [0.1, 0.15) is 24.0 Å². The summed E-state index contributed by atoms with van der Waals surface area (Å²) >= 11 is 1.77. The predicted octanol–water partition coefficient (Wildman–Crippen LogP) is 3.80. The highest BCUT2D eigenvalue weighted by Crippen LogP contribution is 2.57. The van der Waals surface area contributed by atoms with E-state index in [2.05, 4.69) is 24.3 Å². The first-order valence-corrected chi connectivity index (χ1v) is 7.21. The molecule has 0 bridgehead atoms. The fraction of sp³-hybridized carbons (Fsp3) is 0.250. The Morgan fingerprint density at radius 1 is 0.889 bits per heavy atom. The van der Waals surface area contributed by atoms with Crippen molar-refractivity contribution in [1.82, 2.24) is 0 Å². The van der Waals surface area contributed by atoms with Crippen molar-refractivity contribution in [3.8, 4) is 0 Å². The van der Waals surface area contributed by atoms with E-state index in [-0.39, 0.29) is 0 Å². The van der Waals surface area contributed by atoms with Crippen molar-refractivity contribution in [3.63, 3.8) is 0 Å². The van der Waals surface area contributed by atoms with E-state index in [1.54, 1.807) is 11.8 Å². The predicted molar refractivity (Wildman–Crippen MR) is 72.7 cm³/mol. The maximum absolute atomic E-state index is 11.3. The number of hydrogen-bond acceptors (Lipinski definition) is 2. The van der Waals surface area contributed by atoms with Crippen LogP contribution in [0.25, 0.3) is 0 Å². The zero-order valence-electron chi connectivity index (χ0n) is 9.97. The number of fused-ring (bicyclic) bond motifs is 2. The molecule has 1 N–H and O–H groups in total. The monoisotopic (exact) mass is 254 g/mol. The minimum atomic E-state index is -0.765. The Kier molecular flexibility index (Phi) is 2.14. The van der Waals surface area contributed by atoms with Gasteiger partial charge in [0.25, 0.3) is 0 Å². The molecule has 0 aromatic heterocycles. The van der Waals surface area contributed by atoms with Gasteiger partial charge in [0.1, 0.15) is 5.60 Å². The lowest BCUT2D eigenvalue weighted by Gasteiger charge is -2.36. The van der Waals surface area contributed by atoms with Gasteiger partial charge in [0, 0.05) is 20.9 Å². The van der Waals surface area contributed by atoms with E-state index in [9.17, 15) is 5.11 Å². The van der Waals surface area contributed by atoms with Crippen LogP contribution in [0.3, 0.4) is 0 Å². The van der Waals surface area contributed by atoms with Gasteiger partial charge in [-0.15, -0.1) is 0 Å². The van der Waals surface area contributed by atoms with Crippen molar-refractivity contribution < 1.29 is 5.11 Å². The largest absolute Gasteiger partial charge is 0.380 e. The van der Waals surface area contributed by atoms with Crippen LogP contribution >= 0.6 is 11.8 Å². The zero-order chi connectivity index (χ0) is 12.2. The van der Waals surface area contributed by atoms with E-state index in [0.717, 1.165) is 24.0 Å². The first kappa shape index (κ1) is 10.7. The number of aliphatic hydroxyl groups is 1. The molecule has 1 heterocycles. The number of rotatable bonds is 1. The Bertz CT molecular complexity index is 570. The van der Waals surface area contributed by atoms with Gasteiger partial charge in [-0.2, -0.15) is 0 Å². The van der Waals surface area contributed by atoms with E-state index in [4.69, 9.17) is 0 Å². The molecule has 18 heavy (non-hydrogen) atoms. The minimum Gasteiger partial charge on any atom is -0.380 e. The van der Waals surface area contributed by atoms with E-state index in [0.29, 0.717) is 5.92 Å². The molecule has 1 aliphatic heterocycles. The van der Waals surface area contributed by atoms with Gasteiger partial charge in [0.2, 0.25) is 0 Å². The smallest absolute Gasteiger partial charge is 0.120 e. The summed E-state index contributed by atoms with van der Waals surface area (Å²) in [6.07, 6.45) is 2.26. The van der Waals surface area contributed by atoms with Crippen LogP contribution in [-0.2, 0) is 5.60 Å². The van der Waals surface area contributed by atoms with E-state index >= 15 is 0 Å². The summed E-state index contributed by atoms with van der Waals surface area (Å²) in [6, 6.07) is 16.5. The standard InChI is InChI=1S/C16H14OS/c17-16(11-9-10-11)12-5-1-3-7-14(12)18-15-8-4-2-6-13(15)16/h1-8,11,17H,9-10H2. The van der Waals surface area contributed by atoms with Crippen molar-refractivity contribution >= 4 is 11.8 Å². The van der Waals surface area contributed by atoms with Crippen molar-refractivity contribution in [2.75, 3.05) is 0 Å². The third kappa shape index (κ3) is 1.33. The summed E-state index contributed by atoms with van der Waals surface area (Å²) in [5, 5.41) is 11.3. The highest BCUT2D eigenvalue weighted by Gasteiger charge is 2.50. The minimum absolute atomic E-state index is 0.390. The molecule has 0 saturated heterocycles. The molecule has 2 heteroatoms. The molecule has 0 amide bonds. The summed E-state index contributed by atoms with van der Waals surface area (Å²) in [5.41, 5.74) is 1.42. The molecular weight excluding hydrogens is 240 g/mol. The van der Waals surface area contributed by atoms with Gasteiger partial charge in [-0.05, 0) is 30.9 Å². The van der Waals surface area contributed by atoms with Gasteiger partial charge < -0.3 is 5.11 Å². The van der Waals surface area contributed by atoms with Crippen molar-refractivity contribution in [3.05, 3.63) is 59.7 Å². The molecule has 1 saturated carbocycles. The summed E-state index contributed by atoms with van der Waals surface area (Å²) < 4.78 is 0. The van der Waals surface area contributed by atoms with E-state index in [1.807, 2.05) is 24.3 Å². The van der Waals surface area contributed by atoms with Crippen molar-refractivity contribution in [2.24, 2.45) is 5.92 Å². The molecule has 1 fully saturated rings. The lowest BCUT2D eigenvalue weighted by atomic mass is 9.81. The molecule has 1 nitrogen and oxygen atoms in total. The molecule has 2 aromatic rings. The Labute approximate surface area is 111 Å². The zero-order valence-corrected chi connectivity index (χ0v) is 10.8. The first-order chi connectivity index (χ1) is 8.80. The topological polar surface area (TPSA) is 20.2 Å². The third-order valence-corrected chi connectivity index (χ3v) is 5.14. The molecule has 0 radical (unpaired) electrons. The fourth-order valence-electron chi connectivity index (χ4n) is 2.95. The number of hydrogen-bond donors (Lipinski definition) is 1. The Morgan fingerprint density at radius 2 is 1.39 bits per heavy atom. The molecule has 4 rings (SSSR count). The summed E-state index contributed by atoms with van der Waals surface area (Å²) in [5.74, 6) is 0.390. The third-order valence-electron chi connectivity index (χ3n) is 3.98. The van der Waals surface area contributed by atoms with Crippen molar-refractivity contribution in [1.29, 1.82) is 0 Å². The van der Waals surface area contributed by atoms with Gasteiger partial charge >= 0.3 is 0 Å². The van der Waals surface area contributed by atoms with Crippen LogP contribution in [0.5, 0.6) is 0 Å².